The molecular formula is C25H23N3O2. The molecule has 1 atom stereocenters. The van der Waals surface area contributed by atoms with Crippen molar-refractivity contribution in [1.82, 2.24) is 15.5 Å². The van der Waals surface area contributed by atoms with Gasteiger partial charge in [-0.05, 0) is 23.6 Å². The number of nitrogens with one attached hydrogen (secondary N) is 1. The molecule has 30 heavy (non-hydrogen) atoms. The smallest absolute Gasteiger partial charge is 0.227 e. The maximum absolute atomic E-state index is 12.2. The minimum atomic E-state index is -0.0432. The van der Waals surface area contributed by atoms with Gasteiger partial charge in [0, 0.05) is 18.4 Å². The number of carbonyl (C=O) groups excluding carboxylic acids is 1. The average molecular weight is 397 g/mol. The predicted octanol–water partition coefficient (Wildman–Crippen LogP) is 5.21. The van der Waals surface area contributed by atoms with Crippen LogP contribution in [-0.2, 0) is 11.2 Å². The van der Waals surface area contributed by atoms with Gasteiger partial charge in [0.25, 0.3) is 0 Å². The Bertz CT molecular complexity index is 1090. The number of amides is 1. The standard InChI is InChI=1S/C25H23N3O2/c1-18(19-8-4-2-5-9-19)26-23(29)16-17-24-27-25(28-30-24)22-14-12-21(13-15-22)20-10-6-3-7-11-20/h2-15,18H,16-17H2,1H3,(H,26,29)/t18-/m1/s1. The predicted molar refractivity (Wildman–Crippen MR) is 116 cm³/mol. The lowest BCUT2D eigenvalue weighted by molar-refractivity contribution is -0.121. The number of aryl methyl sites for hydroxylation is 1. The van der Waals surface area contributed by atoms with Crippen molar-refractivity contribution >= 4 is 5.91 Å². The highest BCUT2D eigenvalue weighted by Crippen LogP contribution is 2.23. The van der Waals surface area contributed by atoms with E-state index in [-0.39, 0.29) is 11.9 Å². The Labute approximate surface area is 175 Å². The Balaban J connectivity index is 1.33. The third-order valence-electron chi connectivity index (χ3n) is 4.96. The highest BCUT2D eigenvalue weighted by Gasteiger charge is 2.13. The van der Waals surface area contributed by atoms with Gasteiger partial charge in [-0.25, -0.2) is 0 Å². The second-order valence-corrected chi connectivity index (χ2v) is 7.15. The third kappa shape index (κ3) is 4.81. The summed E-state index contributed by atoms with van der Waals surface area (Å²) in [5, 5.41) is 7.06. The molecule has 0 radical (unpaired) electrons. The molecule has 5 nitrogen and oxygen atoms in total. The number of aromatic nitrogens is 2. The zero-order valence-corrected chi connectivity index (χ0v) is 16.8. The number of hydrogen-bond acceptors (Lipinski definition) is 4. The first-order chi connectivity index (χ1) is 14.7. The fraction of sp³-hybridized carbons (Fsp3) is 0.160. The Kier molecular flexibility index (Phi) is 5.99. The molecule has 1 N–H and O–H groups in total. The largest absolute Gasteiger partial charge is 0.350 e. The second kappa shape index (κ2) is 9.18. The van der Waals surface area contributed by atoms with Crippen LogP contribution in [0.5, 0.6) is 0 Å². The molecule has 1 aromatic heterocycles. The van der Waals surface area contributed by atoms with Gasteiger partial charge in [0.1, 0.15) is 0 Å². The normalized spacial score (nSPS) is 11.8. The maximum Gasteiger partial charge on any atom is 0.227 e. The van der Waals surface area contributed by atoms with E-state index >= 15 is 0 Å². The fourth-order valence-corrected chi connectivity index (χ4v) is 3.28. The van der Waals surface area contributed by atoms with Gasteiger partial charge in [-0.15, -0.1) is 0 Å². The summed E-state index contributed by atoms with van der Waals surface area (Å²) in [4.78, 5) is 16.7. The van der Waals surface area contributed by atoms with Gasteiger partial charge in [-0.2, -0.15) is 4.98 Å². The molecule has 0 aliphatic rings. The third-order valence-corrected chi connectivity index (χ3v) is 4.96. The van der Waals surface area contributed by atoms with Gasteiger partial charge in [0.2, 0.25) is 17.6 Å². The summed E-state index contributed by atoms with van der Waals surface area (Å²) in [6, 6.07) is 28.1. The van der Waals surface area contributed by atoms with Crippen molar-refractivity contribution in [1.29, 1.82) is 0 Å². The molecule has 0 fully saturated rings. The van der Waals surface area contributed by atoms with Gasteiger partial charge in [-0.1, -0.05) is 90.1 Å². The summed E-state index contributed by atoms with van der Waals surface area (Å²) < 4.78 is 5.33. The Hall–Kier alpha value is -3.73. The molecule has 0 aliphatic heterocycles. The summed E-state index contributed by atoms with van der Waals surface area (Å²) in [5.41, 5.74) is 4.25. The number of carbonyl (C=O) groups is 1. The SMILES string of the molecule is C[C@@H](NC(=O)CCc1nc(-c2ccc(-c3ccccc3)cc2)no1)c1ccccc1. The van der Waals surface area contributed by atoms with Crippen LogP contribution in [0.2, 0.25) is 0 Å². The maximum atomic E-state index is 12.2. The lowest BCUT2D eigenvalue weighted by atomic mass is 10.0. The van der Waals surface area contributed by atoms with Crippen molar-refractivity contribution in [2.45, 2.75) is 25.8 Å². The van der Waals surface area contributed by atoms with Crippen LogP contribution < -0.4 is 5.32 Å². The summed E-state index contributed by atoms with van der Waals surface area (Å²) in [7, 11) is 0. The molecule has 0 bridgehead atoms. The van der Waals surface area contributed by atoms with E-state index in [2.05, 4.69) is 27.6 Å². The second-order valence-electron chi connectivity index (χ2n) is 7.15. The first-order valence-corrected chi connectivity index (χ1v) is 10.0. The fourth-order valence-electron chi connectivity index (χ4n) is 3.28. The molecule has 4 rings (SSSR count). The number of hydrogen-bond donors (Lipinski definition) is 1. The van der Waals surface area contributed by atoms with E-state index < -0.39 is 0 Å². The van der Waals surface area contributed by atoms with Crippen molar-refractivity contribution < 1.29 is 9.32 Å². The quantitative estimate of drug-likeness (QED) is 0.465. The Morgan fingerprint density at radius 2 is 1.47 bits per heavy atom. The summed E-state index contributed by atoms with van der Waals surface area (Å²) in [6.45, 7) is 1.97. The molecule has 0 saturated heterocycles. The van der Waals surface area contributed by atoms with Crippen molar-refractivity contribution in [2.75, 3.05) is 0 Å². The van der Waals surface area contributed by atoms with E-state index in [1.807, 2.05) is 79.7 Å². The van der Waals surface area contributed by atoms with E-state index in [9.17, 15) is 4.79 Å². The van der Waals surface area contributed by atoms with Crippen molar-refractivity contribution in [3.8, 4) is 22.5 Å². The van der Waals surface area contributed by atoms with Gasteiger partial charge < -0.3 is 9.84 Å². The van der Waals surface area contributed by atoms with E-state index in [1.165, 1.54) is 0 Å². The van der Waals surface area contributed by atoms with Crippen LogP contribution in [0.1, 0.15) is 30.8 Å². The van der Waals surface area contributed by atoms with E-state index in [4.69, 9.17) is 4.52 Å². The molecular weight excluding hydrogens is 374 g/mol. The molecule has 5 heteroatoms. The van der Waals surface area contributed by atoms with Crippen LogP contribution in [0.25, 0.3) is 22.5 Å². The van der Waals surface area contributed by atoms with Crippen LogP contribution in [0.3, 0.4) is 0 Å². The summed E-state index contributed by atoms with van der Waals surface area (Å²) >= 11 is 0. The molecule has 3 aromatic carbocycles. The first-order valence-electron chi connectivity index (χ1n) is 10.0. The highest BCUT2D eigenvalue weighted by molar-refractivity contribution is 5.76. The van der Waals surface area contributed by atoms with Crippen LogP contribution >= 0.6 is 0 Å². The van der Waals surface area contributed by atoms with Gasteiger partial charge in [0.15, 0.2) is 0 Å². The van der Waals surface area contributed by atoms with Crippen LogP contribution in [0.15, 0.2) is 89.5 Å². The minimum absolute atomic E-state index is 0.0416. The monoisotopic (exact) mass is 397 g/mol. The first kappa shape index (κ1) is 19.6. The lowest BCUT2D eigenvalue weighted by Crippen LogP contribution is -2.26. The number of benzene rings is 3. The summed E-state index contributed by atoms with van der Waals surface area (Å²) in [6.07, 6.45) is 0.703. The molecule has 4 aromatic rings. The van der Waals surface area contributed by atoms with Gasteiger partial charge >= 0.3 is 0 Å². The molecule has 1 heterocycles. The van der Waals surface area contributed by atoms with Crippen LogP contribution in [0, 0.1) is 0 Å². The van der Waals surface area contributed by atoms with Crippen molar-refractivity contribution in [2.24, 2.45) is 0 Å². The highest BCUT2D eigenvalue weighted by atomic mass is 16.5. The zero-order chi connectivity index (χ0) is 20.8. The van der Waals surface area contributed by atoms with E-state index in [0.29, 0.717) is 24.6 Å². The lowest BCUT2D eigenvalue weighted by Gasteiger charge is -2.13. The Morgan fingerprint density at radius 1 is 0.867 bits per heavy atom. The number of rotatable bonds is 7. The average Bonchev–Trinajstić information content (AvgIpc) is 3.28. The molecule has 150 valence electrons. The van der Waals surface area contributed by atoms with Gasteiger partial charge in [0.05, 0.1) is 6.04 Å². The number of nitrogens with zero attached hydrogens (tertiary/aromatic N) is 2. The van der Waals surface area contributed by atoms with E-state index in [1.54, 1.807) is 0 Å². The van der Waals surface area contributed by atoms with Crippen LogP contribution in [-0.4, -0.2) is 16.0 Å². The molecule has 0 aliphatic carbocycles. The molecule has 0 spiro atoms. The van der Waals surface area contributed by atoms with Crippen LogP contribution in [0.4, 0.5) is 0 Å². The van der Waals surface area contributed by atoms with Crippen molar-refractivity contribution in [3.05, 3.63) is 96.4 Å². The summed E-state index contributed by atoms with van der Waals surface area (Å²) in [5.74, 6) is 0.945. The zero-order valence-electron chi connectivity index (χ0n) is 16.8. The van der Waals surface area contributed by atoms with Gasteiger partial charge in [-0.3, -0.25) is 4.79 Å². The topological polar surface area (TPSA) is 68.0 Å². The molecule has 1 amide bonds. The van der Waals surface area contributed by atoms with Crippen molar-refractivity contribution in [3.63, 3.8) is 0 Å². The minimum Gasteiger partial charge on any atom is -0.350 e. The Morgan fingerprint density at radius 3 is 2.17 bits per heavy atom. The molecule has 0 unspecified atom stereocenters. The molecule has 0 saturated carbocycles. The van der Waals surface area contributed by atoms with E-state index in [0.717, 1.165) is 22.3 Å².